The molecule has 2 heterocycles. The number of hydrogen-bond donors (Lipinski definition) is 1. The molecule has 6 heteroatoms. The fourth-order valence-corrected chi connectivity index (χ4v) is 3.57. The van der Waals surface area contributed by atoms with Crippen molar-refractivity contribution in [3.63, 3.8) is 0 Å². The third kappa shape index (κ3) is 2.43. The molecule has 0 bridgehead atoms. The number of carbonyl (C=O) groups is 2. The average Bonchev–Trinajstić information content (AvgIpc) is 3.13. The van der Waals surface area contributed by atoms with Gasteiger partial charge in [0.25, 0.3) is 0 Å². The predicted molar refractivity (Wildman–Crippen MR) is 77.4 cm³/mol. The second kappa shape index (κ2) is 5.50. The summed E-state index contributed by atoms with van der Waals surface area (Å²) >= 11 is 0. The maximum Gasteiger partial charge on any atom is 0.246 e. The number of hydrogen-bond acceptors (Lipinski definition) is 3. The Bertz CT molecular complexity index is 520. The van der Waals surface area contributed by atoms with Crippen molar-refractivity contribution in [3.8, 4) is 0 Å². The number of aromatic nitrogens is 2. The number of piperazine rings is 1. The molecular formula is C15H22N4O2. The molecule has 3 rings (SSSR count). The molecule has 2 fully saturated rings. The van der Waals surface area contributed by atoms with Crippen LogP contribution < -0.4 is 5.32 Å². The van der Waals surface area contributed by atoms with Gasteiger partial charge in [0.1, 0.15) is 11.6 Å². The van der Waals surface area contributed by atoms with E-state index in [1.54, 1.807) is 19.4 Å². The van der Waals surface area contributed by atoms with Crippen molar-refractivity contribution in [1.82, 2.24) is 19.8 Å². The highest BCUT2D eigenvalue weighted by Gasteiger charge is 2.52. The summed E-state index contributed by atoms with van der Waals surface area (Å²) in [4.78, 5) is 30.8. The molecule has 6 nitrogen and oxygen atoms in total. The quantitative estimate of drug-likeness (QED) is 0.897. The molecule has 2 amide bonds. The Morgan fingerprint density at radius 2 is 2.10 bits per heavy atom. The highest BCUT2D eigenvalue weighted by molar-refractivity contribution is 5.99. The lowest BCUT2D eigenvalue weighted by Crippen LogP contribution is -2.69. The average molecular weight is 290 g/mol. The topological polar surface area (TPSA) is 67.2 Å². The van der Waals surface area contributed by atoms with Crippen LogP contribution in [0.1, 0.15) is 39.0 Å². The summed E-state index contributed by atoms with van der Waals surface area (Å²) in [6, 6.07) is -0.406. The van der Waals surface area contributed by atoms with Gasteiger partial charge in [-0.05, 0) is 26.2 Å². The Morgan fingerprint density at radius 3 is 2.76 bits per heavy atom. The van der Waals surface area contributed by atoms with Crippen LogP contribution >= 0.6 is 0 Å². The van der Waals surface area contributed by atoms with Crippen molar-refractivity contribution in [2.75, 3.05) is 6.54 Å². The molecule has 1 atom stereocenters. The first kappa shape index (κ1) is 14.1. The lowest BCUT2D eigenvalue weighted by molar-refractivity contribution is -0.156. The fourth-order valence-electron chi connectivity index (χ4n) is 3.57. The number of nitrogens with zero attached hydrogens (tertiary/aromatic N) is 3. The second-order valence-corrected chi connectivity index (χ2v) is 6.08. The van der Waals surface area contributed by atoms with E-state index in [-0.39, 0.29) is 11.8 Å². The van der Waals surface area contributed by atoms with Crippen molar-refractivity contribution >= 4 is 11.8 Å². The highest BCUT2D eigenvalue weighted by atomic mass is 16.2. The largest absolute Gasteiger partial charge is 0.343 e. The van der Waals surface area contributed by atoms with Crippen LogP contribution in [0.5, 0.6) is 0 Å². The number of nitrogens with one attached hydrogen (secondary N) is 1. The zero-order valence-corrected chi connectivity index (χ0v) is 12.4. The van der Waals surface area contributed by atoms with E-state index in [0.717, 1.165) is 38.6 Å². The molecule has 1 saturated carbocycles. The van der Waals surface area contributed by atoms with Gasteiger partial charge in [-0.25, -0.2) is 4.98 Å². The monoisotopic (exact) mass is 290 g/mol. The van der Waals surface area contributed by atoms with Gasteiger partial charge < -0.3 is 14.8 Å². The van der Waals surface area contributed by atoms with Crippen molar-refractivity contribution in [3.05, 3.63) is 18.7 Å². The zero-order valence-electron chi connectivity index (χ0n) is 12.4. The first-order valence-electron chi connectivity index (χ1n) is 7.72. The molecule has 1 aliphatic carbocycles. The minimum Gasteiger partial charge on any atom is -0.343 e. The van der Waals surface area contributed by atoms with Crippen molar-refractivity contribution in [2.24, 2.45) is 0 Å². The normalized spacial score (nSPS) is 24.6. The van der Waals surface area contributed by atoms with E-state index in [1.165, 1.54) is 0 Å². The van der Waals surface area contributed by atoms with Crippen LogP contribution in [0.4, 0.5) is 0 Å². The van der Waals surface area contributed by atoms with Crippen molar-refractivity contribution in [1.29, 1.82) is 0 Å². The maximum atomic E-state index is 12.5. The second-order valence-electron chi connectivity index (χ2n) is 6.08. The maximum absolute atomic E-state index is 12.5. The fraction of sp³-hybridized carbons (Fsp3) is 0.667. The molecular weight excluding hydrogens is 268 g/mol. The van der Waals surface area contributed by atoms with Gasteiger partial charge in [0.15, 0.2) is 0 Å². The number of carbonyl (C=O) groups excluding carboxylic acids is 2. The van der Waals surface area contributed by atoms with Crippen molar-refractivity contribution < 1.29 is 9.59 Å². The lowest BCUT2D eigenvalue weighted by Gasteiger charge is -2.45. The molecule has 1 unspecified atom stereocenters. The molecule has 1 aliphatic heterocycles. The van der Waals surface area contributed by atoms with Gasteiger partial charge in [0.05, 0.1) is 6.33 Å². The van der Waals surface area contributed by atoms with Crippen LogP contribution in [0.2, 0.25) is 0 Å². The summed E-state index contributed by atoms with van der Waals surface area (Å²) in [5.74, 6) is 0.0943. The molecule has 1 spiro atoms. The highest BCUT2D eigenvalue weighted by Crippen LogP contribution is 2.38. The van der Waals surface area contributed by atoms with Gasteiger partial charge in [-0.2, -0.15) is 0 Å². The molecule has 1 aromatic heterocycles. The molecule has 114 valence electrons. The molecule has 0 radical (unpaired) electrons. The third-order valence-corrected chi connectivity index (χ3v) is 4.71. The Balaban J connectivity index is 1.72. The summed E-state index contributed by atoms with van der Waals surface area (Å²) in [7, 11) is 0. The van der Waals surface area contributed by atoms with Gasteiger partial charge in [-0.3, -0.25) is 9.59 Å². The van der Waals surface area contributed by atoms with E-state index >= 15 is 0 Å². The van der Waals surface area contributed by atoms with Crippen LogP contribution in [0.25, 0.3) is 0 Å². The molecule has 0 aromatic carbocycles. The van der Waals surface area contributed by atoms with E-state index in [4.69, 9.17) is 0 Å². The summed E-state index contributed by atoms with van der Waals surface area (Å²) < 4.78 is 2.00. The predicted octanol–water partition coefficient (Wildman–Crippen LogP) is 0.933. The minimum absolute atomic E-state index is 0.0368. The van der Waals surface area contributed by atoms with E-state index in [2.05, 4.69) is 10.3 Å². The third-order valence-electron chi connectivity index (χ3n) is 4.71. The van der Waals surface area contributed by atoms with Gasteiger partial charge in [-0.15, -0.1) is 0 Å². The Morgan fingerprint density at radius 1 is 1.33 bits per heavy atom. The van der Waals surface area contributed by atoms with E-state index < -0.39 is 11.6 Å². The molecule has 1 aromatic rings. The van der Waals surface area contributed by atoms with Crippen LogP contribution in [0.15, 0.2) is 18.7 Å². The lowest BCUT2D eigenvalue weighted by atomic mass is 9.89. The summed E-state index contributed by atoms with van der Waals surface area (Å²) in [6.07, 6.45) is 9.91. The van der Waals surface area contributed by atoms with Gasteiger partial charge in [0, 0.05) is 25.5 Å². The standard InChI is InChI=1S/C15H22N4O2/c1-12-13(20)19(9-4-8-18-10-7-16-11-18)15(14(21)17-12)5-2-3-6-15/h7,10-12H,2-6,8-9H2,1H3,(H,17,21). The van der Waals surface area contributed by atoms with Crippen LogP contribution in [0.3, 0.4) is 0 Å². The Kier molecular flexibility index (Phi) is 3.69. The van der Waals surface area contributed by atoms with Crippen molar-refractivity contribution in [2.45, 2.75) is 57.2 Å². The van der Waals surface area contributed by atoms with Crippen LogP contribution in [-0.2, 0) is 16.1 Å². The zero-order chi connectivity index (χ0) is 14.9. The summed E-state index contributed by atoms with van der Waals surface area (Å²) in [5.41, 5.74) is -0.585. The minimum atomic E-state index is -0.585. The smallest absolute Gasteiger partial charge is 0.246 e. The van der Waals surface area contributed by atoms with E-state index in [0.29, 0.717) is 6.54 Å². The molecule has 1 N–H and O–H groups in total. The number of imidazole rings is 1. The SMILES string of the molecule is CC1NC(=O)C2(CCCC2)N(CCCn2ccnc2)C1=O. The Hall–Kier alpha value is -1.85. The first-order valence-corrected chi connectivity index (χ1v) is 7.72. The summed E-state index contributed by atoms with van der Waals surface area (Å²) in [5, 5.41) is 2.85. The molecule has 2 aliphatic rings. The Labute approximate surface area is 124 Å². The van der Waals surface area contributed by atoms with Crippen LogP contribution in [0, 0.1) is 0 Å². The van der Waals surface area contributed by atoms with Gasteiger partial charge in [0.2, 0.25) is 11.8 Å². The van der Waals surface area contributed by atoms with Gasteiger partial charge in [-0.1, -0.05) is 12.8 Å². The summed E-state index contributed by atoms with van der Waals surface area (Å²) in [6.45, 7) is 3.22. The number of aryl methyl sites for hydroxylation is 1. The van der Waals surface area contributed by atoms with E-state index in [1.807, 2.05) is 15.7 Å². The van der Waals surface area contributed by atoms with Gasteiger partial charge >= 0.3 is 0 Å². The molecule has 1 saturated heterocycles. The number of amides is 2. The van der Waals surface area contributed by atoms with Crippen LogP contribution in [-0.4, -0.2) is 44.4 Å². The van der Waals surface area contributed by atoms with E-state index in [9.17, 15) is 9.59 Å². The molecule has 21 heavy (non-hydrogen) atoms. The number of rotatable bonds is 4. The first-order chi connectivity index (χ1) is 10.1.